The van der Waals surface area contributed by atoms with Gasteiger partial charge in [0, 0.05) is 18.2 Å². The molecule has 0 aromatic heterocycles. The summed E-state index contributed by atoms with van der Waals surface area (Å²) in [5.74, 6) is -0.804. The van der Waals surface area contributed by atoms with Gasteiger partial charge in [-0.3, -0.25) is 4.79 Å². The minimum Gasteiger partial charge on any atom is -0.457 e. The average Bonchev–Trinajstić information content (AvgIpc) is 2.66. The van der Waals surface area contributed by atoms with E-state index in [1.807, 2.05) is 30.3 Å². The monoisotopic (exact) mass is 380 g/mol. The van der Waals surface area contributed by atoms with E-state index in [4.69, 9.17) is 9.47 Å². The summed E-state index contributed by atoms with van der Waals surface area (Å²) in [5, 5.41) is 5.30. The molecule has 0 unspecified atom stereocenters. The van der Waals surface area contributed by atoms with Gasteiger partial charge >= 0.3 is 18.0 Å². The van der Waals surface area contributed by atoms with Crippen LogP contribution in [-0.2, 0) is 20.9 Å². The first-order valence-corrected chi connectivity index (χ1v) is 8.72. The highest BCUT2D eigenvalue weighted by Gasteiger charge is 2.34. The van der Waals surface area contributed by atoms with Gasteiger partial charge in [-0.1, -0.05) is 48.5 Å². The number of ether oxygens (including phenoxy) is 2. The molecule has 2 amide bonds. The molecule has 0 bridgehead atoms. The standard InChI is InChI=1S/C21H20N2O5/c1-13-18(20(25)27-12-15-8-4-3-5-9-15)19(23-21(26)22-13)16-10-6-7-11-17(16)28-14(2)24/h3-11,19H,12H2,1-2H3,(H2,22,23,26)/t19-/m0/s1. The molecular formula is C21H20N2O5. The fourth-order valence-electron chi connectivity index (χ4n) is 2.97. The number of hydrogen-bond donors (Lipinski definition) is 2. The molecule has 2 aromatic rings. The lowest BCUT2D eigenvalue weighted by Gasteiger charge is -2.29. The smallest absolute Gasteiger partial charge is 0.338 e. The summed E-state index contributed by atoms with van der Waals surface area (Å²) in [5.41, 5.74) is 1.96. The van der Waals surface area contributed by atoms with Crippen molar-refractivity contribution in [3.05, 3.63) is 77.0 Å². The Morgan fingerprint density at radius 1 is 1.04 bits per heavy atom. The maximum Gasteiger partial charge on any atom is 0.338 e. The van der Waals surface area contributed by atoms with E-state index in [0.29, 0.717) is 11.3 Å². The molecule has 144 valence electrons. The summed E-state index contributed by atoms with van der Waals surface area (Å²) < 4.78 is 10.7. The summed E-state index contributed by atoms with van der Waals surface area (Å²) in [4.78, 5) is 36.3. The fourth-order valence-corrected chi connectivity index (χ4v) is 2.97. The van der Waals surface area contributed by atoms with Gasteiger partial charge in [0.2, 0.25) is 0 Å². The Morgan fingerprint density at radius 3 is 2.43 bits per heavy atom. The maximum atomic E-state index is 12.8. The van der Waals surface area contributed by atoms with Crippen molar-refractivity contribution in [2.45, 2.75) is 26.5 Å². The van der Waals surface area contributed by atoms with E-state index in [1.165, 1.54) is 6.92 Å². The molecule has 7 nitrogen and oxygen atoms in total. The predicted octanol–water partition coefficient (Wildman–Crippen LogP) is 2.98. The number of amides is 2. The van der Waals surface area contributed by atoms with Crippen molar-refractivity contribution in [1.82, 2.24) is 10.6 Å². The molecule has 1 heterocycles. The number of nitrogens with one attached hydrogen (secondary N) is 2. The Bertz CT molecular complexity index is 937. The number of esters is 2. The Hall–Kier alpha value is -3.61. The van der Waals surface area contributed by atoms with Crippen LogP contribution in [0.4, 0.5) is 4.79 Å². The van der Waals surface area contributed by atoms with Gasteiger partial charge in [-0.25, -0.2) is 9.59 Å². The topological polar surface area (TPSA) is 93.7 Å². The van der Waals surface area contributed by atoms with Crippen molar-refractivity contribution in [2.75, 3.05) is 0 Å². The van der Waals surface area contributed by atoms with Crippen LogP contribution in [0.1, 0.15) is 31.0 Å². The summed E-state index contributed by atoms with van der Waals surface area (Å²) in [7, 11) is 0. The molecule has 0 fully saturated rings. The number of allylic oxidation sites excluding steroid dienone is 1. The van der Waals surface area contributed by atoms with Crippen molar-refractivity contribution in [3.8, 4) is 5.75 Å². The number of urea groups is 1. The van der Waals surface area contributed by atoms with E-state index < -0.39 is 24.0 Å². The molecule has 0 saturated carbocycles. The molecule has 0 saturated heterocycles. The first-order chi connectivity index (χ1) is 13.5. The number of para-hydroxylation sites is 1. The van der Waals surface area contributed by atoms with Crippen molar-refractivity contribution >= 4 is 18.0 Å². The summed E-state index contributed by atoms with van der Waals surface area (Å²) in [6.07, 6.45) is 0. The molecule has 7 heteroatoms. The maximum absolute atomic E-state index is 12.8. The van der Waals surface area contributed by atoms with Gasteiger partial charge < -0.3 is 20.1 Å². The minimum atomic E-state index is -0.812. The van der Waals surface area contributed by atoms with Crippen LogP contribution >= 0.6 is 0 Å². The van der Waals surface area contributed by atoms with Crippen molar-refractivity contribution in [3.63, 3.8) is 0 Å². The molecule has 1 aliphatic rings. The lowest BCUT2D eigenvalue weighted by Crippen LogP contribution is -2.45. The second-order valence-electron chi connectivity index (χ2n) is 6.26. The third-order valence-electron chi connectivity index (χ3n) is 4.19. The third-order valence-corrected chi connectivity index (χ3v) is 4.19. The van der Waals surface area contributed by atoms with Crippen molar-refractivity contribution in [1.29, 1.82) is 0 Å². The first-order valence-electron chi connectivity index (χ1n) is 8.72. The van der Waals surface area contributed by atoms with E-state index in [2.05, 4.69) is 10.6 Å². The highest BCUT2D eigenvalue weighted by Crippen LogP contribution is 2.33. The van der Waals surface area contributed by atoms with E-state index in [9.17, 15) is 14.4 Å². The molecule has 0 spiro atoms. The fraction of sp³-hybridized carbons (Fsp3) is 0.190. The normalized spacial score (nSPS) is 16.1. The van der Waals surface area contributed by atoms with Gasteiger partial charge in [0.1, 0.15) is 12.4 Å². The van der Waals surface area contributed by atoms with Crippen LogP contribution in [-0.4, -0.2) is 18.0 Å². The molecular weight excluding hydrogens is 360 g/mol. The quantitative estimate of drug-likeness (QED) is 0.614. The van der Waals surface area contributed by atoms with Gasteiger partial charge in [-0.05, 0) is 18.6 Å². The number of rotatable bonds is 5. The molecule has 1 aliphatic heterocycles. The lowest BCUT2D eigenvalue weighted by atomic mass is 9.95. The largest absolute Gasteiger partial charge is 0.457 e. The summed E-state index contributed by atoms with van der Waals surface area (Å²) in [6, 6.07) is 14.7. The van der Waals surface area contributed by atoms with E-state index in [-0.39, 0.29) is 17.9 Å². The van der Waals surface area contributed by atoms with Crippen LogP contribution in [0.2, 0.25) is 0 Å². The van der Waals surface area contributed by atoms with Gasteiger partial charge in [-0.15, -0.1) is 0 Å². The SMILES string of the molecule is CC(=O)Oc1ccccc1[C@@H]1NC(=O)NC(C)=C1C(=O)OCc1ccccc1. The molecule has 0 aliphatic carbocycles. The third kappa shape index (κ3) is 4.37. The highest BCUT2D eigenvalue weighted by atomic mass is 16.5. The van der Waals surface area contributed by atoms with Gasteiger partial charge in [0.15, 0.2) is 0 Å². The first kappa shape index (κ1) is 19.2. The van der Waals surface area contributed by atoms with Gasteiger partial charge in [-0.2, -0.15) is 0 Å². The van der Waals surface area contributed by atoms with E-state index in [0.717, 1.165) is 5.56 Å². The van der Waals surface area contributed by atoms with Crippen molar-refractivity contribution < 1.29 is 23.9 Å². The Balaban J connectivity index is 1.91. The van der Waals surface area contributed by atoms with Crippen LogP contribution in [0.15, 0.2) is 65.9 Å². The highest BCUT2D eigenvalue weighted by molar-refractivity contribution is 5.95. The van der Waals surface area contributed by atoms with E-state index >= 15 is 0 Å². The minimum absolute atomic E-state index is 0.0999. The molecule has 2 aromatic carbocycles. The zero-order valence-corrected chi connectivity index (χ0v) is 15.5. The molecule has 1 atom stereocenters. The number of benzene rings is 2. The molecule has 28 heavy (non-hydrogen) atoms. The Labute approximate surface area is 162 Å². The predicted molar refractivity (Wildman–Crippen MR) is 101 cm³/mol. The zero-order valence-electron chi connectivity index (χ0n) is 15.5. The zero-order chi connectivity index (χ0) is 20.1. The summed E-state index contributed by atoms with van der Waals surface area (Å²) in [6.45, 7) is 3.01. The van der Waals surface area contributed by atoms with Crippen molar-refractivity contribution in [2.24, 2.45) is 0 Å². The lowest BCUT2D eigenvalue weighted by molar-refractivity contribution is -0.140. The second-order valence-corrected chi connectivity index (χ2v) is 6.26. The van der Waals surface area contributed by atoms with Crippen LogP contribution in [0.5, 0.6) is 5.75 Å². The van der Waals surface area contributed by atoms with Crippen LogP contribution in [0, 0.1) is 0 Å². The second kappa shape index (κ2) is 8.39. The Morgan fingerprint density at radius 2 is 1.71 bits per heavy atom. The molecule has 0 radical (unpaired) electrons. The van der Waals surface area contributed by atoms with Crippen LogP contribution in [0.25, 0.3) is 0 Å². The van der Waals surface area contributed by atoms with Crippen LogP contribution < -0.4 is 15.4 Å². The van der Waals surface area contributed by atoms with Gasteiger partial charge in [0.25, 0.3) is 0 Å². The molecule has 2 N–H and O–H groups in total. The molecule has 3 rings (SSSR count). The Kier molecular flexibility index (Phi) is 5.74. The number of carbonyl (C=O) groups excluding carboxylic acids is 3. The number of carbonyl (C=O) groups is 3. The average molecular weight is 380 g/mol. The van der Waals surface area contributed by atoms with Gasteiger partial charge in [0.05, 0.1) is 11.6 Å². The summed E-state index contributed by atoms with van der Waals surface area (Å²) >= 11 is 0. The number of hydrogen-bond acceptors (Lipinski definition) is 5. The van der Waals surface area contributed by atoms with Crippen LogP contribution in [0.3, 0.4) is 0 Å². The van der Waals surface area contributed by atoms with E-state index in [1.54, 1.807) is 31.2 Å².